The van der Waals surface area contributed by atoms with Crippen LogP contribution in [0.4, 0.5) is 0 Å². The van der Waals surface area contributed by atoms with Crippen LogP contribution >= 0.6 is 0 Å². The Kier molecular flexibility index (Phi) is 4.21. The van der Waals surface area contributed by atoms with Crippen molar-refractivity contribution in [1.29, 1.82) is 0 Å². The molecule has 1 aliphatic carbocycles. The van der Waals surface area contributed by atoms with Crippen molar-refractivity contribution in [3.05, 3.63) is 11.6 Å². The SMILES string of the molecule is CNC(CC1CCOC1)C1=CCCCC1. The molecular formula is C13H23NO. The van der Waals surface area contributed by atoms with Gasteiger partial charge in [-0.2, -0.15) is 0 Å². The second-order valence-electron chi connectivity index (χ2n) is 4.83. The van der Waals surface area contributed by atoms with E-state index in [1.54, 1.807) is 5.57 Å². The van der Waals surface area contributed by atoms with Gasteiger partial charge in [0, 0.05) is 19.3 Å². The maximum Gasteiger partial charge on any atom is 0.0495 e. The highest BCUT2D eigenvalue weighted by molar-refractivity contribution is 5.13. The topological polar surface area (TPSA) is 21.3 Å². The highest BCUT2D eigenvalue weighted by Crippen LogP contribution is 2.26. The second-order valence-corrected chi connectivity index (χ2v) is 4.83. The summed E-state index contributed by atoms with van der Waals surface area (Å²) in [6.07, 6.45) is 10.3. The van der Waals surface area contributed by atoms with Crippen LogP contribution in [0.15, 0.2) is 11.6 Å². The van der Waals surface area contributed by atoms with Gasteiger partial charge in [-0.05, 0) is 51.5 Å². The van der Waals surface area contributed by atoms with Gasteiger partial charge < -0.3 is 10.1 Å². The van der Waals surface area contributed by atoms with Gasteiger partial charge in [-0.1, -0.05) is 11.6 Å². The first-order chi connectivity index (χ1) is 7.40. The van der Waals surface area contributed by atoms with Gasteiger partial charge in [0.25, 0.3) is 0 Å². The quantitative estimate of drug-likeness (QED) is 0.718. The summed E-state index contributed by atoms with van der Waals surface area (Å²) in [5.41, 5.74) is 1.65. The van der Waals surface area contributed by atoms with E-state index in [1.807, 2.05) is 0 Å². The maximum atomic E-state index is 5.44. The first-order valence-corrected chi connectivity index (χ1v) is 6.34. The van der Waals surface area contributed by atoms with E-state index in [4.69, 9.17) is 4.74 Å². The monoisotopic (exact) mass is 209 g/mol. The zero-order valence-corrected chi connectivity index (χ0v) is 9.80. The summed E-state index contributed by atoms with van der Waals surface area (Å²) in [7, 11) is 2.09. The second kappa shape index (κ2) is 5.66. The van der Waals surface area contributed by atoms with Gasteiger partial charge in [0.15, 0.2) is 0 Å². The van der Waals surface area contributed by atoms with E-state index in [1.165, 1.54) is 38.5 Å². The molecule has 0 aromatic rings. The molecule has 0 saturated carbocycles. The lowest BCUT2D eigenvalue weighted by atomic mass is 9.88. The summed E-state index contributed by atoms with van der Waals surface area (Å²) < 4.78 is 5.44. The summed E-state index contributed by atoms with van der Waals surface area (Å²) >= 11 is 0. The lowest BCUT2D eigenvalue weighted by Crippen LogP contribution is -2.30. The highest BCUT2D eigenvalue weighted by atomic mass is 16.5. The normalized spacial score (nSPS) is 28.9. The highest BCUT2D eigenvalue weighted by Gasteiger charge is 2.22. The largest absolute Gasteiger partial charge is 0.381 e. The van der Waals surface area contributed by atoms with Crippen molar-refractivity contribution in [2.24, 2.45) is 5.92 Å². The third-order valence-corrected chi connectivity index (χ3v) is 3.72. The van der Waals surface area contributed by atoms with E-state index in [0.717, 1.165) is 19.1 Å². The van der Waals surface area contributed by atoms with Crippen LogP contribution in [0.25, 0.3) is 0 Å². The Morgan fingerprint density at radius 2 is 2.47 bits per heavy atom. The van der Waals surface area contributed by atoms with E-state index in [0.29, 0.717) is 6.04 Å². The minimum Gasteiger partial charge on any atom is -0.381 e. The van der Waals surface area contributed by atoms with Gasteiger partial charge in [-0.15, -0.1) is 0 Å². The lowest BCUT2D eigenvalue weighted by Gasteiger charge is -2.25. The first kappa shape index (κ1) is 11.2. The van der Waals surface area contributed by atoms with Crippen LogP contribution in [0.5, 0.6) is 0 Å². The summed E-state index contributed by atoms with van der Waals surface area (Å²) in [5, 5.41) is 3.47. The first-order valence-electron chi connectivity index (χ1n) is 6.34. The van der Waals surface area contributed by atoms with E-state index in [9.17, 15) is 0 Å². The zero-order chi connectivity index (χ0) is 10.5. The zero-order valence-electron chi connectivity index (χ0n) is 9.80. The molecule has 2 rings (SSSR count). The van der Waals surface area contributed by atoms with Crippen molar-refractivity contribution in [3.8, 4) is 0 Å². The number of rotatable bonds is 4. The van der Waals surface area contributed by atoms with Crippen molar-refractivity contribution in [2.75, 3.05) is 20.3 Å². The summed E-state index contributed by atoms with van der Waals surface area (Å²) in [4.78, 5) is 0. The number of likely N-dealkylation sites (N-methyl/N-ethyl adjacent to an activating group) is 1. The fourth-order valence-corrected chi connectivity index (χ4v) is 2.74. The molecule has 0 spiro atoms. The van der Waals surface area contributed by atoms with Crippen molar-refractivity contribution in [2.45, 2.75) is 44.6 Å². The number of nitrogens with one attached hydrogen (secondary N) is 1. The van der Waals surface area contributed by atoms with E-state index < -0.39 is 0 Å². The lowest BCUT2D eigenvalue weighted by molar-refractivity contribution is 0.182. The number of hydrogen-bond acceptors (Lipinski definition) is 2. The Hall–Kier alpha value is -0.340. The van der Waals surface area contributed by atoms with E-state index in [-0.39, 0.29) is 0 Å². The van der Waals surface area contributed by atoms with Crippen molar-refractivity contribution in [3.63, 3.8) is 0 Å². The smallest absolute Gasteiger partial charge is 0.0495 e. The molecule has 0 aromatic heterocycles. The molecule has 1 aliphatic heterocycles. The fraction of sp³-hybridized carbons (Fsp3) is 0.846. The standard InChI is InChI=1S/C13H23NO/c1-14-13(9-11-7-8-15-10-11)12-5-3-2-4-6-12/h5,11,13-14H,2-4,6-10H2,1H3. The molecule has 2 nitrogen and oxygen atoms in total. The molecule has 0 radical (unpaired) electrons. The van der Waals surface area contributed by atoms with Crippen LogP contribution in [0, 0.1) is 5.92 Å². The number of allylic oxidation sites excluding steroid dienone is 1. The molecule has 1 heterocycles. The van der Waals surface area contributed by atoms with Gasteiger partial charge in [-0.3, -0.25) is 0 Å². The van der Waals surface area contributed by atoms with Crippen molar-refractivity contribution < 1.29 is 4.74 Å². The van der Waals surface area contributed by atoms with Crippen molar-refractivity contribution >= 4 is 0 Å². The molecule has 2 atom stereocenters. The van der Waals surface area contributed by atoms with Crippen LogP contribution < -0.4 is 5.32 Å². The average molecular weight is 209 g/mol. The predicted octanol–water partition coefficient (Wildman–Crippen LogP) is 2.50. The van der Waals surface area contributed by atoms with Crippen LogP contribution in [0.3, 0.4) is 0 Å². The Morgan fingerprint density at radius 3 is 3.07 bits per heavy atom. The minimum absolute atomic E-state index is 0.608. The molecule has 2 unspecified atom stereocenters. The number of ether oxygens (including phenoxy) is 1. The van der Waals surface area contributed by atoms with Crippen LogP contribution in [0.2, 0.25) is 0 Å². The molecule has 1 fully saturated rings. The number of hydrogen-bond donors (Lipinski definition) is 1. The summed E-state index contributed by atoms with van der Waals surface area (Å²) in [6, 6.07) is 0.608. The molecule has 0 amide bonds. The Labute approximate surface area is 93.1 Å². The molecule has 0 aromatic carbocycles. The predicted molar refractivity (Wildman–Crippen MR) is 62.9 cm³/mol. The molecule has 2 heteroatoms. The van der Waals surface area contributed by atoms with Gasteiger partial charge in [0.1, 0.15) is 0 Å². The molecule has 1 saturated heterocycles. The molecule has 86 valence electrons. The van der Waals surface area contributed by atoms with Crippen LogP contribution in [-0.4, -0.2) is 26.3 Å². The maximum absolute atomic E-state index is 5.44. The fourth-order valence-electron chi connectivity index (χ4n) is 2.74. The van der Waals surface area contributed by atoms with Gasteiger partial charge in [0.05, 0.1) is 0 Å². The molecular weight excluding hydrogens is 186 g/mol. The van der Waals surface area contributed by atoms with Gasteiger partial charge >= 0.3 is 0 Å². The third kappa shape index (κ3) is 3.05. The minimum atomic E-state index is 0.608. The Morgan fingerprint density at radius 1 is 1.53 bits per heavy atom. The Balaban J connectivity index is 1.87. The molecule has 1 N–H and O–H groups in total. The average Bonchev–Trinajstić information content (AvgIpc) is 2.80. The van der Waals surface area contributed by atoms with Crippen LogP contribution in [0.1, 0.15) is 38.5 Å². The summed E-state index contributed by atoms with van der Waals surface area (Å²) in [5.74, 6) is 0.783. The van der Waals surface area contributed by atoms with Gasteiger partial charge in [0.2, 0.25) is 0 Å². The van der Waals surface area contributed by atoms with Gasteiger partial charge in [-0.25, -0.2) is 0 Å². The Bertz CT molecular complexity index is 219. The molecule has 2 aliphatic rings. The third-order valence-electron chi connectivity index (χ3n) is 3.72. The van der Waals surface area contributed by atoms with E-state index in [2.05, 4.69) is 18.4 Å². The molecule has 15 heavy (non-hydrogen) atoms. The van der Waals surface area contributed by atoms with Crippen LogP contribution in [-0.2, 0) is 4.74 Å². The molecule has 0 bridgehead atoms. The summed E-state index contributed by atoms with van der Waals surface area (Å²) in [6.45, 7) is 1.95. The van der Waals surface area contributed by atoms with Crippen molar-refractivity contribution in [1.82, 2.24) is 5.32 Å². The van der Waals surface area contributed by atoms with E-state index >= 15 is 0 Å².